The van der Waals surface area contributed by atoms with Crippen LogP contribution in [0.3, 0.4) is 0 Å². The van der Waals surface area contributed by atoms with E-state index >= 15 is 0 Å². The molecule has 2 aliphatic heterocycles. The summed E-state index contributed by atoms with van der Waals surface area (Å²) in [6.45, 7) is 1.09. The number of likely N-dealkylation sites (tertiary alicyclic amines) is 1. The van der Waals surface area contributed by atoms with Crippen LogP contribution in [0.15, 0.2) is 23.6 Å². The van der Waals surface area contributed by atoms with Crippen molar-refractivity contribution in [3.63, 3.8) is 0 Å². The Labute approximate surface area is 183 Å². The number of carbonyl (C=O) groups is 2. The Kier molecular flexibility index (Phi) is 5.30. The van der Waals surface area contributed by atoms with E-state index in [4.69, 9.17) is 4.74 Å². The van der Waals surface area contributed by atoms with Gasteiger partial charge >= 0.3 is 0 Å². The zero-order valence-corrected chi connectivity index (χ0v) is 17.9. The van der Waals surface area contributed by atoms with Crippen LogP contribution in [0.2, 0.25) is 0 Å². The third-order valence-electron chi connectivity index (χ3n) is 6.69. The van der Waals surface area contributed by atoms with Crippen molar-refractivity contribution in [1.29, 1.82) is 0 Å². The van der Waals surface area contributed by atoms with Crippen LogP contribution in [0.4, 0.5) is 8.78 Å². The lowest BCUT2D eigenvalue weighted by Crippen LogP contribution is -2.55. The van der Waals surface area contributed by atoms with Crippen LogP contribution in [0.1, 0.15) is 51.5 Å². The van der Waals surface area contributed by atoms with Gasteiger partial charge in [-0.1, -0.05) is 6.07 Å². The highest BCUT2D eigenvalue weighted by Crippen LogP contribution is 2.40. The van der Waals surface area contributed by atoms with Gasteiger partial charge in [0.05, 0.1) is 24.3 Å². The first kappa shape index (κ1) is 20.6. The first-order valence-corrected chi connectivity index (χ1v) is 11.6. The zero-order valence-electron chi connectivity index (χ0n) is 17.1. The lowest BCUT2D eigenvalue weighted by Gasteiger charge is -2.34. The summed E-state index contributed by atoms with van der Waals surface area (Å²) in [6, 6.07) is 3.79. The normalized spacial score (nSPS) is 25.9. The third kappa shape index (κ3) is 3.65. The molecule has 1 N–H and O–H groups in total. The van der Waals surface area contributed by atoms with Crippen LogP contribution in [0.5, 0.6) is 0 Å². The summed E-state index contributed by atoms with van der Waals surface area (Å²) in [4.78, 5) is 28.9. The maximum atomic E-state index is 14.0. The van der Waals surface area contributed by atoms with Crippen LogP contribution in [-0.4, -0.2) is 48.6 Å². The lowest BCUT2D eigenvalue weighted by atomic mass is 9.82. The fourth-order valence-corrected chi connectivity index (χ4v) is 6.25. The first-order chi connectivity index (χ1) is 15.0. The number of nitrogens with one attached hydrogen (secondary N) is 1. The first-order valence-electron chi connectivity index (χ1n) is 10.7. The molecule has 5 rings (SSSR count). The molecule has 8 heteroatoms. The van der Waals surface area contributed by atoms with E-state index in [0.717, 1.165) is 42.9 Å². The summed E-state index contributed by atoms with van der Waals surface area (Å²) in [7, 11) is 0. The van der Waals surface area contributed by atoms with Crippen molar-refractivity contribution < 1.29 is 23.1 Å². The topological polar surface area (TPSA) is 58.6 Å². The minimum atomic E-state index is -0.940. The Balaban J connectivity index is 1.50. The van der Waals surface area contributed by atoms with Gasteiger partial charge in [0.15, 0.2) is 11.6 Å². The van der Waals surface area contributed by atoms with Crippen molar-refractivity contribution in [2.75, 3.05) is 26.3 Å². The van der Waals surface area contributed by atoms with Gasteiger partial charge < -0.3 is 15.0 Å². The number of rotatable bonds is 2. The SMILES string of the molecule is O=C1CCOC[C@]2(CN(C(=O)c3csc4c3CCCC4)C[C@H]2c2ccc(F)c(F)c2)N1. The van der Waals surface area contributed by atoms with E-state index in [1.807, 2.05) is 5.38 Å². The summed E-state index contributed by atoms with van der Waals surface area (Å²) in [6.07, 6.45) is 4.38. The molecule has 1 aliphatic carbocycles. The fraction of sp³-hybridized carbons (Fsp3) is 0.478. The molecule has 2 aromatic rings. The van der Waals surface area contributed by atoms with Crippen molar-refractivity contribution in [2.45, 2.75) is 43.6 Å². The van der Waals surface area contributed by atoms with Gasteiger partial charge in [-0.05, 0) is 48.9 Å². The summed E-state index contributed by atoms with van der Waals surface area (Å²) in [5.41, 5.74) is 1.56. The zero-order chi connectivity index (χ0) is 21.6. The molecule has 5 nitrogen and oxygen atoms in total. The number of carbonyl (C=O) groups excluding carboxylic acids is 2. The second-order valence-electron chi connectivity index (χ2n) is 8.68. The molecule has 31 heavy (non-hydrogen) atoms. The molecule has 1 aromatic heterocycles. The molecule has 2 amide bonds. The molecule has 3 heterocycles. The second-order valence-corrected chi connectivity index (χ2v) is 9.64. The molecular weight excluding hydrogens is 422 g/mol. The summed E-state index contributed by atoms with van der Waals surface area (Å²) in [5.74, 6) is -2.49. The Morgan fingerprint density at radius 2 is 2.03 bits per heavy atom. The van der Waals surface area contributed by atoms with E-state index in [1.54, 1.807) is 16.2 Å². The Bertz CT molecular complexity index is 1040. The van der Waals surface area contributed by atoms with Crippen LogP contribution in [0, 0.1) is 11.6 Å². The highest BCUT2D eigenvalue weighted by Gasteiger charge is 2.51. The summed E-state index contributed by atoms with van der Waals surface area (Å²) >= 11 is 1.64. The number of aryl methyl sites for hydroxylation is 1. The molecule has 1 aromatic carbocycles. The van der Waals surface area contributed by atoms with Crippen molar-refractivity contribution >= 4 is 23.2 Å². The minimum Gasteiger partial charge on any atom is -0.378 e. The Morgan fingerprint density at radius 3 is 2.87 bits per heavy atom. The summed E-state index contributed by atoms with van der Waals surface area (Å²) < 4.78 is 33.3. The smallest absolute Gasteiger partial charge is 0.255 e. The van der Waals surface area contributed by atoms with Crippen LogP contribution in [-0.2, 0) is 22.4 Å². The van der Waals surface area contributed by atoms with Gasteiger partial charge in [0, 0.05) is 35.7 Å². The van der Waals surface area contributed by atoms with Gasteiger partial charge in [-0.3, -0.25) is 9.59 Å². The van der Waals surface area contributed by atoms with Gasteiger partial charge in [0.25, 0.3) is 5.91 Å². The molecular formula is C23H24F2N2O3S. The Hall–Kier alpha value is -2.32. The predicted octanol–water partition coefficient (Wildman–Crippen LogP) is 3.42. The molecule has 2 fully saturated rings. The molecule has 3 aliphatic rings. The fourth-order valence-electron chi connectivity index (χ4n) is 5.13. The van der Waals surface area contributed by atoms with Gasteiger partial charge in [-0.15, -0.1) is 11.3 Å². The number of amides is 2. The van der Waals surface area contributed by atoms with Crippen LogP contribution in [0.25, 0.3) is 0 Å². The quantitative estimate of drug-likeness (QED) is 0.769. The number of halogens is 2. The molecule has 1 spiro atoms. The molecule has 2 saturated heterocycles. The van der Waals surface area contributed by atoms with E-state index in [0.29, 0.717) is 18.7 Å². The van der Waals surface area contributed by atoms with Gasteiger partial charge in [-0.2, -0.15) is 0 Å². The molecule has 2 atom stereocenters. The number of hydrogen-bond donors (Lipinski definition) is 1. The van der Waals surface area contributed by atoms with Gasteiger partial charge in [0.2, 0.25) is 5.91 Å². The van der Waals surface area contributed by atoms with E-state index in [9.17, 15) is 18.4 Å². The maximum Gasteiger partial charge on any atom is 0.255 e. The molecule has 0 saturated carbocycles. The van der Waals surface area contributed by atoms with Crippen LogP contribution < -0.4 is 5.32 Å². The number of fused-ring (bicyclic) bond motifs is 1. The summed E-state index contributed by atoms with van der Waals surface area (Å²) in [5, 5.41) is 5.00. The third-order valence-corrected chi connectivity index (χ3v) is 7.78. The standard InChI is InChI=1S/C23H24F2N2O3S/c24-18-6-5-14(9-19(18)25)17-10-27(12-23(17)13-30-8-7-21(28)26-23)22(29)16-11-31-20-4-2-1-3-15(16)20/h5-6,9,11,17H,1-4,7-8,10,12-13H2,(H,26,28)/t17-,23-/m0/s1. The maximum absolute atomic E-state index is 14.0. The van der Waals surface area contributed by atoms with Gasteiger partial charge in [-0.25, -0.2) is 8.78 Å². The number of hydrogen-bond acceptors (Lipinski definition) is 4. The van der Waals surface area contributed by atoms with E-state index in [1.165, 1.54) is 17.0 Å². The molecule has 164 valence electrons. The average molecular weight is 447 g/mol. The second kappa shape index (κ2) is 7.98. The number of nitrogens with zero attached hydrogens (tertiary/aromatic N) is 1. The highest BCUT2D eigenvalue weighted by molar-refractivity contribution is 7.10. The lowest BCUT2D eigenvalue weighted by molar-refractivity contribution is -0.122. The van der Waals surface area contributed by atoms with E-state index < -0.39 is 23.1 Å². The minimum absolute atomic E-state index is 0.0673. The number of thiophene rings is 1. The van der Waals surface area contributed by atoms with Crippen molar-refractivity contribution in [3.8, 4) is 0 Å². The largest absolute Gasteiger partial charge is 0.378 e. The highest BCUT2D eigenvalue weighted by atomic mass is 32.1. The van der Waals surface area contributed by atoms with Crippen molar-refractivity contribution in [1.82, 2.24) is 10.2 Å². The Morgan fingerprint density at radius 1 is 1.19 bits per heavy atom. The van der Waals surface area contributed by atoms with Crippen LogP contribution >= 0.6 is 11.3 Å². The average Bonchev–Trinajstić information content (AvgIpc) is 3.29. The molecule has 0 radical (unpaired) electrons. The predicted molar refractivity (Wildman–Crippen MR) is 112 cm³/mol. The van der Waals surface area contributed by atoms with E-state index in [-0.39, 0.29) is 31.4 Å². The number of benzene rings is 1. The molecule has 0 unspecified atom stereocenters. The number of ether oxygens (including phenoxy) is 1. The van der Waals surface area contributed by atoms with E-state index in [2.05, 4.69) is 5.32 Å². The van der Waals surface area contributed by atoms with Gasteiger partial charge in [0.1, 0.15) is 0 Å². The van der Waals surface area contributed by atoms with Crippen molar-refractivity contribution in [2.24, 2.45) is 0 Å². The monoisotopic (exact) mass is 446 g/mol. The van der Waals surface area contributed by atoms with Crippen molar-refractivity contribution in [3.05, 3.63) is 56.8 Å². The molecule has 0 bridgehead atoms.